The summed E-state index contributed by atoms with van der Waals surface area (Å²) in [6.45, 7) is 4.20. The normalized spacial score (nSPS) is 17.5. The first-order chi connectivity index (χ1) is 24.0. The van der Waals surface area contributed by atoms with Gasteiger partial charge in [-0.1, -0.05) is 133 Å². The molecule has 0 amide bonds. The van der Waals surface area contributed by atoms with E-state index >= 15 is 0 Å². The van der Waals surface area contributed by atoms with Crippen molar-refractivity contribution in [2.45, 2.75) is 44.2 Å². The van der Waals surface area contributed by atoms with E-state index in [9.17, 15) is 0 Å². The summed E-state index contributed by atoms with van der Waals surface area (Å²) in [6, 6.07) is 67.0. The summed E-state index contributed by atoms with van der Waals surface area (Å²) >= 11 is 0. The van der Waals surface area contributed by atoms with Gasteiger partial charge in [0.1, 0.15) is 12.2 Å². The maximum atomic E-state index is 7.09. The molecule has 2 nitrogen and oxygen atoms in total. The molecule has 0 unspecified atom stereocenters. The van der Waals surface area contributed by atoms with Crippen molar-refractivity contribution < 1.29 is 9.47 Å². The molecule has 0 aliphatic carbocycles. The van der Waals surface area contributed by atoms with Gasteiger partial charge >= 0.3 is 0 Å². The molecule has 49 heavy (non-hydrogen) atoms. The number of rotatable bonds is 12. The molecule has 0 spiro atoms. The minimum atomic E-state index is -2.03. The number of hydrogen-bond acceptors (Lipinski definition) is 2. The Kier molecular flexibility index (Phi) is 10.2. The van der Waals surface area contributed by atoms with Crippen LogP contribution in [-0.2, 0) is 21.8 Å². The van der Waals surface area contributed by atoms with E-state index in [2.05, 4.69) is 196 Å². The Morgan fingerprint density at radius 2 is 0.633 bits per heavy atom. The van der Waals surface area contributed by atoms with Gasteiger partial charge in [0.2, 0.25) is 0 Å². The summed E-state index contributed by atoms with van der Waals surface area (Å²) in [6.07, 6.45) is 3.57. The van der Waals surface area contributed by atoms with Crippen LogP contribution in [-0.4, -0.2) is 30.3 Å². The molecule has 1 saturated heterocycles. The van der Waals surface area contributed by atoms with Gasteiger partial charge < -0.3 is 9.47 Å². The molecule has 1 aliphatic heterocycles. The first kappa shape index (κ1) is 33.6. The fourth-order valence-electron chi connectivity index (χ4n) is 7.69. The van der Waals surface area contributed by atoms with E-state index in [0.29, 0.717) is 0 Å². The van der Waals surface area contributed by atoms with E-state index in [1.807, 2.05) is 0 Å². The Morgan fingerprint density at radius 3 is 0.898 bits per heavy atom. The van der Waals surface area contributed by atoms with Crippen molar-refractivity contribution in [2.24, 2.45) is 0 Å². The van der Waals surface area contributed by atoms with Gasteiger partial charge in [0.15, 0.2) is 5.79 Å². The quantitative estimate of drug-likeness (QED) is 0.120. The summed E-state index contributed by atoms with van der Waals surface area (Å²) < 4.78 is 14.2. The summed E-state index contributed by atoms with van der Waals surface area (Å²) in [7, 11) is -4.07. The van der Waals surface area contributed by atoms with Crippen LogP contribution in [0.4, 0.5) is 0 Å². The standard InChI is InChI=1S/C45H46O2P2/c1-45(2)46-43(35-48(39-25-13-5-14-26-39,40-27-15-6-16-28-40)33-37-21-9-3-10-22-37)44(47-45)36-49(41-29-17-7-18-30-41,42-31-19-8-20-32-42)34-38-23-11-4-12-24-38/h3-32,43-44H,33-36H2,1-2H3/q+2/t43-,44+. The van der Waals surface area contributed by atoms with Gasteiger partial charge in [0.25, 0.3) is 0 Å². The van der Waals surface area contributed by atoms with Gasteiger partial charge in [-0.3, -0.25) is 0 Å². The van der Waals surface area contributed by atoms with Gasteiger partial charge in [-0.05, 0) is 73.5 Å². The average Bonchev–Trinajstić information content (AvgIpc) is 3.44. The second-order valence-corrected chi connectivity index (χ2v) is 20.9. The number of benzene rings is 6. The summed E-state index contributed by atoms with van der Waals surface area (Å²) in [5.74, 6) is -0.694. The zero-order valence-electron chi connectivity index (χ0n) is 28.5. The Bertz CT molecular complexity index is 1660. The zero-order valence-corrected chi connectivity index (χ0v) is 30.3. The van der Waals surface area contributed by atoms with Gasteiger partial charge in [-0.15, -0.1) is 0 Å². The minimum absolute atomic E-state index is 0.0879. The lowest BCUT2D eigenvalue weighted by Gasteiger charge is -2.33. The SMILES string of the molecule is CC1(C)O[C@@H](C[P+](Cc2ccccc2)(c2ccccc2)c2ccccc2)[C@@H](C[P+](Cc2ccccc2)(c2ccccc2)c2ccccc2)O1. The van der Waals surface area contributed by atoms with E-state index < -0.39 is 20.3 Å². The lowest BCUT2D eigenvalue weighted by molar-refractivity contribution is -0.142. The van der Waals surface area contributed by atoms with Crippen molar-refractivity contribution in [1.29, 1.82) is 0 Å². The first-order valence-electron chi connectivity index (χ1n) is 17.4. The highest BCUT2D eigenvalue weighted by Crippen LogP contribution is 2.64. The maximum Gasteiger partial charge on any atom is 0.164 e. The lowest BCUT2D eigenvalue weighted by Crippen LogP contribution is -2.40. The molecule has 246 valence electrons. The molecule has 6 aromatic carbocycles. The fraction of sp³-hybridized carbons (Fsp3) is 0.200. The fourth-order valence-corrected chi connectivity index (χ4v) is 16.6. The van der Waals surface area contributed by atoms with Crippen LogP contribution in [0.2, 0.25) is 0 Å². The Labute approximate surface area is 293 Å². The first-order valence-corrected chi connectivity index (χ1v) is 21.7. The highest BCUT2D eigenvalue weighted by molar-refractivity contribution is 7.89. The molecule has 1 heterocycles. The Hall–Kier alpha value is -3.90. The third-order valence-electron chi connectivity index (χ3n) is 9.86. The predicted molar refractivity (Wildman–Crippen MR) is 212 cm³/mol. The van der Waals surface area contributed by atoms with Crippen LogP contribution < -0.4 is 21.2 Å². The van der Waals surface area contributed by atoms with Gasteiger partial charge in [0.05, 0.1) is 60.4 Å². The molecule has 1 aliphatic rings. The predicted octanol–water partition coefficient (Wildman–Crippen LogP) is 9.24. The third kappa shape index (κ3) is 7.50. The molecular formula is C45H46O2P2+2. The van der Waals surface area contributed by atoms with Crippen LogP contribution in [0, 0.1) is 0 Å². The smallest absolute Gasteiger partial charge is 0.164 e. The Balaban J connectivity index is 1.37. The van der Waals surface area contributed by atoms with Gasteiger partial charge in [0, 0.05) is 0 Å². The summed E-state index contributed by atoms with van der Waals surface area (Å²) in [5.41, 5.74) is 2.72. The molecule has 0 N–H and O–H groups in total. The van der Waals surface area contributed by atoms with Crippen LogP contribution in [0.15, 0.2) is 182 Å². The van der Waals surface area contributed by atoms with Crippen molar-refractivity contribution >= 4 is 35.7 Å². The van der Waals surface area contributed by atoms with Crippen molar-refractivity contribution in [3.63, 3.8) is 0 Å². The van der Waals surface area contributed by atoms with Crippen LogP contribution in [0.1, 0.15) is 25.0 Å². The molecule has 0 aromatic heterocycles. The van der Waals surface area contributed by atoms with Crippen LogP contribution in [0.25, 0.3) is 0 Å². The van der Waals surface area contributed by atoms with E-state index in [-0.39, 0.29) is 12.2 Å². The van der Waals surface area contributed by atoms with E-state index in [1.165, 1.54) is 32.3 Å². The highest BCUT2D eigenvalue weighted by atomic mass is 31.2. The van der Waals surface area contributed by atoms with Gasteiger partial charge in [-0.2, -0.15) is 0 Å². The lowest BCUT2D eigenvalue weighted by atomic mass is 10.2. The molecule has 0 radical (unpaired) electrons. The monoisotopic (exact) mass is 680 g/mol. The van der Waals surface area contributed by atoms with E-state index in [4.69, 9.17) is 9.47 Å². The molecule has 1 fully saturated rings. The van der Waals surface area contributed by atoms with Crippen LogP contribution in [0.5, 0.6) is 0 Å². The zero-order chi connectivity index (χ0) is 33.6. The molecular weight excluding hydrogens is 634 g/mol. The largest absolute Gasteiger partial charge is 0.341 e. The minimum Gasteiger partial charge on any atom is -0.341 e. The molecule has 0 bridgehead atoms. The Morgan fingerprint density at radius 1 is 0.388 bits per heavy atom. The van der Waals surface area contributed by atoms with Crippen molar-refractivity contribution in [3.8, 4) is 0 Å². The highest BCUT2D eigenvalue weighted by Gasteiger charge is 2.56. The van der Waals surface area contributed by atoms with Crippen molar-refractivity contribution in [3.05, 3.63) is 193 Å². The summed E-state index contributed by atoms with van der Waals surface area (Å²) in [4.78, 5) is 0. The third-order valence-corrected chi connectivity index (χ3v) is 18.8. The topological polar surface area (TPSA) is 18.5 Å². The maximum absolute atomic E-state index is 7.09. The molecule has 0 saturated carbocycles. The van der Waals surface area contributed by atoms with Crippen molar-refractivity contribution in [1.82, 2.24) is 0 Å². The molecule has 6 aromatic rings. The van der Waals surface area contributed by atoms with Gasteiger partial charge in [-0.25, -0.2) is 0 Å². The molecule has 4 heteroatoms. The van der Waals surface area contributed by atoms with Crippen LogP contribution >= 0.6 is 14.5 Å². The number of ether oxygens (including phenoxy) is 2. The molecule has 7 rings (SSSR count). The van der Waals surface area contributed by atoms with Crippen LogP contribution in [0.3, 0.4) is 0 Å². The number of hydrogen-bond donors (Lipinski definition) is 0. The average molecular weight is 681 g/mol. The van der Waals surface area contributed by atoms with E-state index in [1.54, 1.807) is 0 Å². The van der Waals surface area contributed by atoms with E-state index in [0.717, 1.165) is 24.6 Å². The van der Waals surface area contributed by atoms with Crippen molar-refractivity contribution in [2.75, 3.05) is 12.3 Å². The summed E-state index contributed by atoms with van der Waals surface area (Å²) in [5, 5.41) is 5.64. The second-order valence-electron chi connectivity index (χ2n) is 13.6. The molecule has 2 atom stereocenters. The second kappa shape index (κ2) is 14.9.